The summed E-state index contributed by atoms with van der Waals surface area (Å²) in [6.07, 6.45) is 3.59. The maximum atomic E-state index is 9.83. The van der Waals surface area contributed by atoms with Crippen LogP contribution in [-0.4, -0.2) is 18.3 Å². The van der Waals surface area contributed by atoms with Gasteiger partial charge in [-0.15, -0.1) is 6.61 Å². The first-order valence-corrected chi connectivity index (χ1v) is 3.10. The van der Waals surface area contributed by atoms with Gasteiger partial charge in [0.1, 0.15) is 0 Å². The van der Waals surface area contributed by atoms with Crippen LogP contribution < -0.4 is 24.0 Å². The predicted octanol–water partition coefficient (Wildman–Crippen LogP) is -3.10. The van der Waals surface area contributed by atoms with Gasteiger partial charge in [-0.2, -0.15) is 0 Å². The Hall–Kier alpha value is 0.517. The summed E-state index contributed by atoms with van der Waals surface area (Å²) < 4.78 is 0. The molecule has 0 unspecified atom stereocenters. The monoisotopic (exact) mass is 124 g/mol. The SMILES string of the molecule is [Li+].[O-]CCCCCCO. The van der Waals surface area contributed by atoms with E-state index < -0.39 is 0 Å². The zero-order chi connectivity index (χ0) is 6.24. The summed E-state index contributed by atoms with van der Waals surface area (Å²) in [4.78, 5) is 0. The van der Waals surface area contributed by atoms with Gasteiger partial charge in [-0.25, -0.2) is 0 Å². The molecule has 0 aromatic carbocycles. The molecular weight excluding hydrogens is 111 g/mol. The van der Waals surface area contributed by atoms with E-state index in [1.807, 2.05) is 0 Å². The van der Waals surface area contributed by atoms with Gasteiger partial charge in [0.15, 0.2) is 0 Å². The average Bonchev–Trinajstić information content (AvgIpc) is 1.81. The fourth-order valence-electron chi connectivity index (χ4n) is 0.567. The Morgan fingerprint density at radius 2 is 1.56 bits per heavy atom. The number of aliphatic hydroxyl groups is 1. The molecule has 0 amide bonds. The largest absolute Gasteiger partial charge is 1.00 e. The van der Waals surface area contributed by atoms with Crippen molar-refractivity contribution in [3.8, 4) is 0 Å². The van der Waals surface area contributed by atoms with Crippen molar-refractivity contribution in [3.05, 3.63) is 0 Å². The van der Waals surface area contributed by atoms with Crippen molar-refractivity contribution in [2.45, 2.75) is 25.7 Å². The summed E-state index contributed by atoms with van der Waals surface area (Å²) in [6.45, 7) is 0.296. The van der Waals surface area contributed by atoms with Crippen molar-refractivity contribution in [2.75, 3.05) is 13.2 Å². The smallest absolute Gasteiger partial charge is 0.854 e. The molecule has 50 valence electrons. The molecular formula is C6H13LiO2. The predicted molar refractivity (Wildman–Crippen MR) is 30.4 cm³/mol. The molecule has 0 radical (unpaired) electrons. The third-order valence-electron chi connectivity index (χ3n) is 1.05. The van der Waals surface area contributed by atoms with Gasteiger partial charge < -0.3 is 10.2 Å². The maximum Gasteiger partial charge on any atom is 1.00 e. The normalized spacial score (nSPS) is 8.67. The Labute approximate surface area is 68.4 Å². The van der Waals surface area contributed by atoms with Crippen LogP contribution in [-0.2, 0) is 0 Å². The Morgan fingerprint density at radius 1 is 1.00 bits per heavy atom. The Bertz CT molecular complexity index is 36.0. The quantitative estimate of drug-likeness (QED) is 0.312. The average molecular weight is 124 g/mol. The van der Waals surface area contributed by atoms with E-state index in [0.29, 0.717) is 0 Å². The van der Waals surface area contributed by atoms with E-state index in [0.717, 1.165) is 25.7 Å². The Kier molecular flexibility index (Phi) is 15.4. The van der Waals surface area contributed by atoms with Crippen LogP contribution in [0.2, 0.25) is 0 Å². The third-order valence-corrected chi connectivity index (χ3v) is 1.05. The zero-order valence-electron chi connectivity index (χ0n) is 6.10. The summed E-state index contributed by atoms with van der Waals surface area (Å²) in [5.41, 5.74) is 0. The summed E-state index contributed by atoms with van der Waals surface area (Å²) in [5.74, 6) is 0. The number of aliphatic hydroxyl groups excluding tert-OH is 1. The molecule has 0 aromatic rings. The summed E-state index contributed by atoms with van der Waals surface area (Å²) in [7, 11) is 0. The third kappa shape index (κ3) is 11.9. The first-order chi connectivity index (χ1) is 3.91. The first kappa shape index (κ1) is 12.2. The molecule has 0 spiro atoms. The van der Waals surface area contributed by atoms with Crippen molar-refractivity contribution in [1.29, 1.82) is 0 Å². The number of rotatable bonds is 5. The van der Waals surface area contributed by atoms with Gasteiger partial charge in [-0.1, -0.05) is 19.3 Å². The minimum Gasteiger partial charge on any atom is -0.854 e. The van der Waals surface area contributed by atoms with E-state index in [1.165, 1.54) is 0 Å². The molecule has 1 N–H and O–H groups in total. The summed E-state index contributed by atoms with van der Waals surface area (Å²) >= 11 is 0. The fraction of sp³-hybridized carbons (Fsp3) is 1.00. The second-order valence-electron chi connectivity index (χ2n) is 1.84. The van der Waals surface area contributed by atoms with Gasteiger partial charge in [0.2, 0.25) is 0 Å². The maximum absolute atomic E-state index is 9.83. The molecule has 0 heterocycles. The summed E-state index contributed by atoms with van der Waals surface area (Å²) in [6, 6.07) is 0. The molecule has 0 aliphatic rings. The molecule has 0 rings (SSSR count). The summed E-state index contributed by atoms with van der Waals surface area (Å²) in [5, 5.41) is 18.1. The second kappa shape index (κ2) is 11.3. The molecule has 0 aliphatic carbocycles. The van der Waals surface area contributed by atoms with E-state index in [1.54, 1.807) is 0 Å². The number of unbranched alkanes of at least 4 members (excludes halogenated alkanes) is 3. The second-order valence-corrected chi connectivity index (χ2v) is 1.84. The van der Waals surface area contributed by atoms with E-state index in [4.69, 9.17) is 5.11 Å². The molecule has 0 aromatic heterocycles. The molecule has 0 saturated carbocycles. The van der Waals surface area contributed by atoms with Crippen LogP contribution in [0.15, 0.2) is 0 Å². The molecule has 2 nitrogen and oxygen atoms in total. The zero-order valence-corrected chi connectivity index (χ0v) is 6.10. The number of hydrogen-bond acceptors (Lipinski definition) is 2. The number of hydrogen-bond donors (Lipinski definition) is 1. The fourth-order valence-corrected chi connectivity index (χ4v) is 0.567. The van der Waals surface area contributed by atoms with Crippen LogP contribution in [0.25, 0.3) is 0 Å². The van der Waals surface area contributed by atoms with Gasteiger partial charge in [0.05, 0.1) is 0 Å². The molecule has 9 heavy (non-hydrogen) atoms. The van der Waals surface area contributed by atoms with Crippen LogP contribution in [0, 0.1) is 0 Å². The van der Waals surface area contributed by atoms with E-state index in [9.17, 15) is 5.11 Å². The van der Waals surface area contributed by atoms with Crippen molar-refractivity contribution >= 4 is 0 Å². The Morgan fingerprint density at radius 3 is 2.00 bits per heavy atom. The molecule has 0 fully saturated rings. The van der Waals surface area contributed by atoms with Crippen LogP contribution in [0.3, 0.4) is 0 Å². The molecule has 0 aliphatic heterocycles. The standard InChI is InChI=1S/C6H13O2.Li/c7-5-3-1-2-4-6-8;/h7H,1-6H2;/q-1;+1. The van der Waals surface area contributed by atoms with Crippen molar-refractivity contribution in [1.82, 2.24) is 0 Å². The Balaban J connectivity index is 0. The van der Waals surface area contributed by atoms with Gasteiger partial charge in [0, 0.05) is 6.61 Å². The molecule has 0 atom stereocenters. The first-order valence-electron chi connectivity index (χ1n) is 3.10. The minimum absolute atomic E-state index is 0. The molecule has 0 saturated heterocycles. The van der Waals surface area contributed by atoms with Crippen molar-refractivity contribution in [3.63, 3.8) is 0 Å². The van der Waals surface area contributed by atoms with Gasteiger partial charge in [-0.05, 0) is 6.42 Å². The van der Waals surface area contributed by atoms with E-state index in [2.05, 4.69) is 0 Å². The topological polar surface area (TPSA) is 43.3 Å². The minimum atomic E-state index is 0. The van der Waals surface area contributed by atoms with Crippen LogP contribution in [0.1, 0.15) is 25.7 Å². The van der Waals surface area contributed by atoms with Gasteiger partial charge in [0.25, 0.3) is 0 Å². The van der Waals surface area contributed by atoms with Crippen molar-refractivity contribution in [2.24, 2.45) is 0 Å². The van der Waals surface area contributed by atoms with Crippen LogP contribution in [0.5, 0.6) is 0 Å². The molecule has 3 heteroatoms. The van der Waals surface area contributed by atoms with E-state index in [-0.39, 0.29) is 32.1 Å². The van der Waals surface area contributed by atoms with Gasteiger partial charge in [-0.3, -0.25) is 0 Å². The van der Waals surface area contributed by atoms with Crippen LogP contribution in [0.4, 0.5) is 0 Å². The van der Waals surface area contributed by atoms with E-state index >= 15 is 0 Å². The van der Waals surface area contributed by atoms with Gasteiger partial charge >= 0.3 is 18.9 Å². The van der Waals surface area contributed by atoms with Crippen LogP contribution >= 0.6 is 0 Å². The van der Waals surface area contributed by atoms with Crippen molar-refractivity contribution < 1.29 is 29.1 Å². The molecule has 0 bridgehead atoms.